The molecule has 6 nitrogen and oxygen atoms in total. The van der Waals surface area contributed by atoms with Crippen molar-refractivity contribution in [2.45, 2.75) is 69.6 Å². The number of hydrogen-bond acceptors (Lipinski definition) is 6. The second-order valence-corrected chi connectivity index (χ2v) is 9.92. The highest BCUT2D eigenvalue weighted by atomic mass is 16.6. The number of esters is 1. The quantitative estimate of drug-likeness (QED) is 0.574. The molecule has 1 saturated carbocycles. The summed E-state index contributed by atoms with van der Waals surface area (Å²) in [5, 5.41) is 0. The second-order valence-electron chi connectivity index (χ2n) is 9.92. The van der Waals surface area contributed by atoms with Gasteiger partial charge in [-0.1, -0.05) is 25.3 Å². The van der Waals surface area contributed by atoms with Crippen molar-refractivity contribution in [3.63, 3.8) is 0 Å². The topological polar surface area (TPSA) is 74.0 Å². The van der Waals surface area contributed by atoms with Gasteiger partial charge in [0, 0.05) is 31.0 Å². The van der Waals surface area contributed by atoms with Gasteiger partial charge in [0.1, 0.15) is 12.2 Å². The summed E-state index contributed by atoms with van der Waals surface area (Å²) in [6.45, 7) is 2.28. The number of benzene rings is 1. The maximum Gasteiger partial charge on any atom is 0.306 e. The number of rotatable bonds is 5. The van der Waals surface area contributed by atoms with E-state index in [0.717, 1.165) is 50.3 Å². The lowest BCUT2D eigenvalue weighted by Gasteiger charge is -2.36. The second kappa shape index (κ2) is 8.14. The van der Waals surface area contributed by atoms with Crippen molar-refractivity contribution in [2.75, 3.05) is 27.2 Å². The first kappa shape index (κ1) is 20.8. The SMILES string of the molecule is COc1ccc2c3c1OC1CC(OC(=O)CC4(CN)CCCCC4)C=C(CN(C)C2)C31. The molecule has 31 heavy (non-hydrogen) atoms. The van der Waals surface area contributed by atoms with Crippen molar-refractivity contribution in [1.29, 1.82) is 0 Å². The van der Waals surface area contributed by atoms with E-state index in [-0.39, 0.29) is 29.5 Å². The number of nitrogens with zero attached hydrogens (tertiary/aromatic N) is 1. The minimum absolute atomic E-state index is 0.0208. The van der Waals surface area contributed by atoms with Crippen molar-refractivity contribution in [2.24, 2.45) is 11.1 Å². The molecule has 0 radical (unpaired) electrons. The Balaban J connectivity index is 1.37. The van der Waals surface area contributed by atoms with Crippen LogP contribution in [0.15, 0.2) is 23.8 Å². The van der Waals surface area contributed by atoms with E-state index < -0.39 is 0 Å². The van der Waals surface area contributed by atoms with Gasteiger partial charge in [0.25, 0.3) is 0 Å². The molecule has 168 valence electrons. The standard InChI is InChI=1S/C25H34N2O4/c1-27-13-16-6-7-19(29-2)24-23(16)22-17(14-27)10-18(11-20(22)31-24)30-21(28)12-25(15-26)8-4-3-5-9-25/h6-7,10,18,20,22H,3-5,8-9,11-15,26H2,1-2H3. The van der Waals surface area contributed by atoms with E-state index in [1.807, 2.05) is 6.07 Å². The minimum Gasteiger partial charge on any atom is -0.493 e. The molecule has 2 heterocycles. The van der Waals surface area contributed by atoms with Crippen molar-refractivity contribution in [3.05, 3.63) is 34.9 Å². The first-order valence-corrected chi connectivity index (χ1v) is 11.7. The summed E-state index contributed by atoms with van der Waals surface area (Å²) in [4.78, 5) is 15.2. The Morgan fingerprint density at radius 3 is 2.81 bits per heavy atom. The van der Waals surface area contributed by atoms with E-state index >= 15 is 0 Å². The van der Waals surface area contributed by atoms with Crippen LogP contribution in [-0.2, 0) is 16.1 Å². The van der Waals surface area contributed by atoms with Gasteiger partial charge in [0.15, 0.2) is 11.5 Å². The first-order chi connectivity index (χ1) is 15.0. The van der Waals surface area contributed by atoms with Gasteiger partial charge in [0.2, 0.25) is 0 Å². The van der Waals surface area contributed by atoms with E-state index in [1.165, 1.54) is 23.1 Å². The van der Waals surface area contributed by atoms with Crippen molar-refractivity contribution >= 4 is 5.97 Å². The van der Waals surface area contributed by atoms with Crippen molar-refractivity contribution < 1.29 is 19.0 Å². The summed E-state index contributed by atoms with van der Waals surface area (Å²) in [6.07, 6.45) is 8.62. The Hall–Kier alpha value is -2.05. The number of likely N-dealkylation sites (N-methyl/N-ethyl adjacent to an activating group) is 1. The van der Waals surface area contributed by atoms with Gasteiger partial charge in [-0.2, -0.15) is 0 Å². The third kappa shape index (κ3) is 3.74. The van der Waals surface area contributed by atoms with Gasteiger partial charge >= 0.3 is 5.97 Å². The Labute approximate surface area is 184 Å². The molecule has 0 spiro atoms. The summed E-state index contributed by atoms with van der Waals surface area (Å²) in [7, 11) is 3.82. The van der Waals surface area contributed by atoms with Gasteiger partial charge in [-0.25, -0.2) is 0 Å². The third-order valence-corrected chi connectivity index (χ3v) is 7.73. The molecule has 1 aromatic rings. The lowest BCUT2D eigenvalue weighted by Crippen LogP contribution is -2.38. The summed E-state index contributed by atoms with van der Waals surface area (Å²) in [5.74, 6) is 1.75. The molecule has 2 aliphatic heterocycles. The van der Waals surface area contributed by atoms with Crippen LogP contribution in [0.1, 0.15) is 62.0 Å². The molecule has 3 atom stereocenters. The van der Waals surface area contributed by atoms with Crippen LogP contribution in [0.5, 0.6) is 11.5 Å². The van der Waals surface area contributed by atoms with Gasteiger partial charge in [0.05, 0.1) is 13.5 Å². The maximum atomic E-state index is 12.9. The van der Waals surface area contributed by atoms with Crippen LogP contribution < -0.4 is 15.2 Å². The van der Waals surface area contributed by atoms with E-state index in [1.54, 1.807) is 7.11 Å². The lowest BCUT2D eigenvalue weighted by atomic mass is 9.72. The summed E-state index contributed by atoms with van der Waals surface area (Å²) < 4.78 is 18.0. The van der Waals surface area contributed by atoms with E-state index in [0.29, 0.717) is 19.4 Å². The van der Waals surface area contributed by atoms with Gasteiger partial charge in [-0.3, -0.25) is 9.69 Å². The first-order valence-electron chi connectivity index (χ1n) is 11.7. The summed E-state index contributed by atoms with van der Waals surface area (Å²) in [6, 6.07) is 4.16. The fraction of sp³-hybridized carbons (Fsp3) is 0.640. The molecule has 0 aromatic heterocycles. The van der Waals surface area contributed by atoms with Crippen molar-refractivity contribution in [1.82, 2.24) is 4.90 Å². The third-order valence-electron chi connectivity index (χ3n) is 7.73. The van der Waals surface area contributed by atoms with E-state index in [9.17, 15) is 4.79 Å². The Bertz CT molecular complexity index is 890. The number of nitrogens with two attached hydrogens (primary N) is 1. The predicted octanol–water partition coefficient (Wildman–Crippen LogP) is 3.53. The zero-order valence-electron chi connectivity index (χ0n) is 18.7. The van der Waals surface area contributed by atoms with Crippen LogP contribution in [0.25, 0.3) is 0 Å². The molecule has 6 heteroatoms. The Morgan fingerprint density at radius 1 is 1.26 bits per heavy atom. The summed E-state index contributed by atoms with van der Waals surface area (Å²) >= 11 is 0. The molecule has 1 fully saturated rings. The van der Waals surface area contributed by atoms with Gasteiger partial charge < -0.3 is 19.9 Å². The Kier molecular flexibility index (Phi) is 5.47. The zero-order chi connectivity index (χ0) is 21.6. The summed E-state index contributed by atoms with van der Waals surface area (Å²) in [5.41, 5.74) is 9.85. The largest absolute Gasteiger partial charge is 0.493 e. The molecule has 5 rings (SSSR count). The normalized spacial score (nSPS) is 28.7. The highest BCUT2D eigenvalue weighted by Crippen LogP contribution is 2.53. The number of carbonyl (C=O) groups is 1. The van der Waals surface area contributed by atoms with E-state index in [4.69, 9.17) is 19.9 Å². The average molecular weight is 427 g/mol. The molecular formula is C25H34N2O4. The van der Waals surface area contributed by atoms with Crippen LogP contribution in [0.2, 0.25) is 0 Å². The molecular weight excluding hydrogens is 392 g/mol. The zero-order valence-corrected chi connectivity index (χ0v) is 18.7. The number of hydrogen-bond donors (Lipinski definition) is 1. The fourth-order valence-corrected chi connectivity index (χ4v) is 6.20. The fourth-order valence-electron chi connectivity index (χ4n) is 6.20. The monoisotopic (exact) mass is 426 g/mol. The number of carbonyl (C=O) groups excluding carboxylic acids is 1. The minimum atomic E-state index is -0.252. The molecule has 3 unspecified atom stereocenters. The molecule has 0 saturated heterocycles. The molecule has 2 aliphatic carbocycles. The van der Waals surface area contributed by atoms with Crippen LogP contribution in [0.4, 0.5) is 0 Å². The van der Waals surface area contributed by atoms with Crippen LogP contribution in [0.3, 0.4) is 0 Å². The molecule has 0 amide bonds. The smallest absolute Gasteiger partial charge is 0.306 e. The van der Waals surface area contributed by atoms with Crippen LogP contribution in [-0.4, -0.2) is 50.3 Å². The molecule has 1 aromatic carbocycles. The molecule has 0 bridgehead atoms. The highest BCUT2D eigenvalue weighted by Gasteiger charge is 2.46. The lowest BCUT2D eigenvalue weighted by molar-refractivity contribution is -0.151. The van der Waals surface area contributed by atoms with Crippen LogP contribution in [0, 0.1) is 5.41 Å². The van der Waals surface area contributed by atoms with E-state index in [2.05, 4.69) is 24.1 Å². The highest BCUT2D eigenvalue weighted by molar-refractivity contribution is 5.71. The average Bonchev–Trinajstić information content (AvgIpc) is 3.07. The number of ether oxygens (including phenoxy) is 3. The molecule has 2 N–H and O–H groups in total. The van der Waals surface area contributed by atoms with Gasteiger partial charge in [-0.05, 0) is 55.1 Å². The maximum absolute atomic E-state index is 12.9. The predicted molar refractivity (Wildman–Crippen MR) is 118 cm³/mol. The van der Waals surface area contributed by atoms with Crippen LogP contribution >= 0.6 is 0 Å². The van der Waals surface area contributed by atoms with Crippen molar-refractivity contribution in [3.8, 4) is 11.5 Å². The Morgan fingerprint density at radius 2 is 2.06 bits per heavy atom. The van der Waals surface area contributed by atoms with Gasteiger partial charge in [-0.15, -0.1) is 0 Å². The molecule has 4 aliphatic rings. The number of methoxy groups -OCH3 is 1.